The van der Waals surface area contributed by atoms with Crippen molar-refractivity contribution in [3.05, 3.63) is 69.8 Å². The number of nitrogens with one attached hydrogen (secondary N) is 2. The van der Waals surface area contributed by atoms with Crippen molar-refractivity contribution in [2.75, 3.05) is 5.32 Å². The maximum atomic E-state index is 11.9. The molecule has 0 aliphatic rings. The van der Waals surface area contributed by atoms with Gasteiger partial charge >= 0.3 is 6.03 Å². The predicted molar refractivity (Wildman–Crippen MR) is 91.2 cm³/mol. The molecular weight excluding hydrogens is 328 g/mol. The number of aryl methyl sites for hydroxylation is 1. The fraction of sp³-hybridized carbons (Fsp3) is 0.118. The highest BCUT2D eigenvalue weighted by atomic mass is 79.9. The Balaban J connectivity index is 1.97. The van der Waals surface area contributed by atoms with E-state index >= 15 is 0 Å². The minimum Gasteiger partial charge on any atom is -0.314 e. The highest BCUT2D eigenvalue weighted by molar-refractivity contribution is 9.10. The molecule has 0 bridgehead atoms. The van der Waals surface area contributed by atoms with E-state index in [1.807, 2.05) is 62.4 Å². The third-order valence-corrected chi connectivity index (χ3v) is 3.96. The summed E-state index contributed by atoms with van der Waals surface area (Å²) in [6.07, 6.45) is 3.47. The van der Waals surface area contributed by atoms with E-state index in [2.05, 4.69) is 26.6 Å². The zero-order valence-electron chi connectivity index (χ0n) is 12.0. The molecule has 2 amide bonds. The number of benzene rings is 2. The van der Waals surface area contributed by atoms with Crippen LogP contribution in [0.15, 0.2) is 53.1 Å². The van der Waals surface area contributed by atoms with Crippen molar-refractivity contribution < 1.29 is 4.79 Å². The van der Waals surface area contributed by atoms with Gasteiger partial charge in [0.2, 0.25) is 0 Å². The molecule has 0 unspecified atom stereocenters. The molecule has 0 fully saturated rings. The molecule has 3 nitrogen and oxygen atoms in total. The molecule has 108 valence electrons. The van der Waals surface area contributed by atoms with E-state index in [-0.39, 0.29) is 6.03 Å². The van der Waals surface area contributed by atoms with Crippen molar-refractivity contribution in [1.29, 1.82) is 0 Å². The summed E-state index contributed by atoms with van der Waals surface area (Å²) in [4.78, 5) is 11.9. The summed E-state index contributed by atoms with van der Waals surface area (Å²) in [5, 5.41) is 5.54. The van der Waals surface area contributed by atoms with Crippen LogP contribution in [0.1, 0.15) is 16.7 Å². The van der Waals surface area contributed by atoms with E-state index in [1.54, 1.807) is 6.20 Å². The number of carbonyl (C=O) groups excluding carboxylic acids is 1. The minimum absolute atomic E-state index is 0.257. The average molecular weight is 345 g/mol. The predicted octanol–water partition coefficient (Wildman–Crippen LogP) is 4.86. The van der Waals surface area contributed by atoms with Crippen LogP contribution in [-0.4, -0.2) is 6.03 Å². The highest BCUT2D eigenvalue weighted by Crippen LogP contribution is 2.18. The Kier molecular flexibility index (Phi) is 5.17. The first-order valence-corrected chi connectivity index (χ1v) is 7.42. The van der Waals surface area contributed by atoms with Crippen molar-refractivity contribution in [2.45, 2.75) is 13.8 Å². The Labute approximate surface area is 133 Å². The number of anilines is 1. The molecule has 0 saturated carbocycles. The molecule has 0 aromatic heterocycles. The summed E-state index contributed by atoms with van der Waals surface area (Å²) in [5.74, 6) is 0. The molecule has 0 radical (unpaired) electrons. The molecule has 0 saturated heterocycles. The molecule has 0 atom stereocenters. The lowest BCUT2D eigenvalue weighted by Gasteiger charge is -2.09. The van der Waals surface area contributed by atoms with Crippen molar-refractivity contribution in [1.82, 2.24) is 5.32 Å². The van der Waals surface area contributed by atoms with Crippen LogP contribution in [0.5, 0.6) is 0 Å². The Bertz CT molecular complexity index is 680. The topological polar surface area (TPSA) is 41.1 Å². The van der Waals surface area contributed by atoms with E-state index in [4.69, 9.17) is 0 Å². The smallest absolute Gasteiger partial charge is 0.314 e. The zero-order chi connectivity index (χ0) is 15.2. The summed E-state index contributed by atoms with van der Waals surface area (Å²) in [6, 6.07) is 13.4. The maximum absolute atomic E-state index is 11.9. The number of carbonyl (C=O) groups is 1. The SMILES string of the molecule is Cc1cccc(NC(=O)N/C=C/c2ccccc2Br)c1C. The summed E-state index contributed by atoms with van der Waals surface area (Å²) in [6.45, 7) is 4.01. The number of halogens is 1. The quantitative estimate of drug-likeness (QED) is 0.820. The van der Waals surface area contributed by atoms with Crippen LogP contribution in [-0.2, 0) is 0 Å². The van der Waals surface area contributed by atoms with E-state index in [0.717, 1.165) is 26.9 Å². The normalized spacial score (nSPS) is 10.6. The van der Waals surface area contributed by atoms with Crippen molar-refractivity contribution in [3.63, 3.8) is 0 Å². The molecule has 0 aliphatic heterocycles. The van der Waals surface area contributed by atoms with E-state index in [1.165, 1.54) is 0 Å². The third-order valence-electron chi connectivity index (χ3n) is 3.24. The van der Waals surface area contributed by atoms with Crippen molar-refractivity contribution >= 4 is 33.7 Å². The van der Waals surface area contributed by atoms with Crippen LogP contribution >= 0.6 is 15.9 Å². The fourth-order valence-electron chi connectivity index (χ4n) is 1.86. The average Bonchev–Trinajstić information content (AvgIpc) is 2.46. The van der Waals surface area contributed by atoms with E-state index < -0.39 is 0 Å². The standard InChI is InChI=1S/C17H17BrN2O/c1-12-6-5-9-16(13(12)2)20-17(21)19-11-10-14-7-3-4-8-15(14)18/h3-11H,1-2H3,(H2,19,20,21)/b11-10+. The molecule has 4 heteroatoms. The van der Waals surface area contributed by atoms with Crippen LogP contribution in [0.4, 0.5) is 10.5 Å². The minimum atomic E-state index is -0.257. The van der Waals surface area contributed by atoms with Crippen molar-refractivity contribution in [2.24, 2.45) is 0 Å². The first-order chi connectivity index (χ1) is 10.1. The van der Waals surface area contributed by atoms with Gasteiger partial charge in [0.1, 0.15) is 0 Å². The monoisotopic (exact) mass is 344 g/mol. The van der Waals surface area contributed by atoms with Gasteiger partial charge in [0.05, 0.1) is 0 Å². The van der Waals surface area contributed by atoms with Gasteiger partial charge in [-0.05, 0) is 48.7 Å². The molecule has 21 heavy (non-hydrogen) atoms. The van der Waals surface area contributed by atoms with Crippen LogP contribution in [0.25, 0.3) is 6.08 Å². The molecular formula is C17H17BrN2O. The Morgan fingerprint density at radius 3 is 2.62 bits per heavy atom. The number of hydrogen-bond donors (Lipinski definition) is 2. The van der Waals surface area contributed by atoms with Gasteiger partial charge in [0.25, 0.3) is 0 Å². The zero-order valence-corrected chi connectivity index (χ0v) is 13.6. The first-order valence-electron chi connectivity index (χ1n) is 6.63. The second-order valence-electron chi connectivity index (χ2n) is 4.70. The maximum Gasteiger partial charge on any atom is 0.323 e. The van der Waals surface area contributed by atoms with Gasteiger partial charge in [-0.3, -0.25) is 0 Å². The van der Waals surface area contributed by atoms with E-state index in [9.17, 15) is 4.79 Å². The molecule has 0 aliphatic carbocycles. The van der Waals surface area contributed by atoms with Gasteiger partial charge in [-0.2, -0.15) is 0 Å². The van der Waals surface area contributed by atoms with Crippen LogP contribution in [0.3, 0.4) is 0 Å². The van der Waals surface area contributed by atoms with Gasteiger partial charge in [-0.25, -0.2) is 4.79 Å². The second kappa shape index (κ2) is 7.09. The summed E-state index contributed by atoms with van der Waals surface area (Å²) in [7, 11) is 0. The third kappa shape index (κ3) is 4.20. The largest absolute Gasteiger partial charge is 0.323 e. The first kappa shape index (κ1) is 15.3. The Morgan fingerprint density at radius 1 is 1.10 bits per heavy atom. The summed E-state index contributed by atoms with van der Waals surface area (Å²) in [5.41, 5.74) is 4.05. The lowest BCUT2D eigenvalue weighted by molar-refractivity contribution is 0.255. The van der Waals surface area contributed by atoms with Gasteiger partial charge < -0.3 is 10.6 Å². The lowest BCUT2D eigenvalue weighted by Crippen LogP contribution is -2.24. The number of urea groups is 1. The molecule has 2 N–H and O–H groups in total. The highest BCUT2D eigenvalue weighted by Gasteiger charge is 2.03. The fourth-order valence-corrected chi connectivity index (χ4v) is 2.28. The van der Waals surface area contributed by atoms with Gasteiger partial charge in [-0.1, -0.05) is 46.3 Å². The molecule has 2 aromatic rings. The van der Waals surface area contributed by atoms with Gasteiger partial charge in [0, 0.05) is 16.4 Å². The van der Waals surface area contributed by atoms with E-state index in [0.29, 0.717) is 0 Å². The van der Waals surface area contributed by atoms with Crippen LogP contribution in [0, 0.1) is 13.8 Å². The van der Waals surface area contributed by atoms with Gasteiger partial charge in [0.15, 0.2) is 0 Å². The molecule has 0 spiro atoms. The number of amides is 2. The summed E-state index contributed by atoms with van der Waals surface area (Å²) < 4.78 is 0.984. The van der Waals surface area contributed by atoms with Crippen molar-refractivity contribution in [3.8, 4) is 0 Å². The molecule has 2 aromatic carbocycles. The molecule has 0 heterocycles. The second-order valence-corrected chi connectivity index (χ2v) is 5.56. The Hall–Kier alpha value is -2.07. The molecule has 2 rings (SSSR count). The number of hydrogen-bond acceptors (Lipinski definition) is 1. The summed E-state index contributed by atoms with van der Waals surface area (Å²) >= 11 is 3.46. The number of rotatable bonds is 3. The van der Waals surface area contributed by atoms with Gasteiger partial charge in [-0.15, -0.1) is 0 Å². The Morgan fingerprint density at radius 2 is 1.86 bits per heavy atom. The lowest BCUT2D eigenvalue weighted by atomic mass is 10.1. The van der Waals surface area contributed by atoms with Crippen LogP contribution < -0.4 is 10.6 Å². The van der Waals surface area contributed by atoms with Crippen LogP contribution in [0.2, 0.25) is 0 Å².